The Labute approximate surface area is 132 Å². The van der Waals surface area contributed by atoms with Crippen LogP contribution in [0.5, 0.6) is 0 Å². The molecule has 0 atom stereocenters. The summed E-state index contributed by atoms with van der Waals surface area (Å²) in [7, 11) is 3.61. The molecule has 116 valence electrons. The summed E-state index contributed by atoms with van der Waals surface area (Å²) < 4.78 is 5.83. The Bertz CT molecular complexity index is 596. The standard InChI is InChI=1S/C18H23N3O/c1-19-18(20-2)21-12-16-10-6-7-11-17(16)14-22-13-15-8-4-3-5-9-15/h3-11H,12-14H2,1-2H3,(H2,19,20,21). The second-order valence-electron chi connectivity index (χ2n) is 4.92. The lowest BCUT2D eigenvalue weighted by Gasteiger charge is -2.13. The van der Waals surface area contributed by atoms with Crippen molar-refractivity contribution in [1.29, 1.82) is 0 Å². The molecule has 0 unspecified atom stereocenters. The highest BCUT2D eigenvalue weighted by Gasteiger charge is 2.03. The lowest BCUT2D eigenvalue weighted by Crippen LogP contribution is -2.34. The first-order chi connectivity index (χ1) is 10.8. The van der Waals surface area contributed by atoms with Crippen molar-refractivity contribution in [2.24, 2.45) is 4.99 Å². The maximum absolute atomic E-state index is 5.83. The Morgan fingerprint density at radius 2 is 1.64 bits per heavy atom. The molecule has 0 spiro atoms. The van der Waals surface area contributed by atoms with E-state index in [1.54, 1.807) is 7.05 Å². The summed E-state index contributed by atoms with van der Waals surface area (Å²) in [5, 5.41) is 6.28. The van der Waals surface area contributed by atoms with Gasteiger partial charge in [-0.05, 0) is 16.7 Å². The fourth-order valence-corrected chi connectivity index (χ4v) is 2.18. The minimum absolute atomic E-state index is 0.602. The van der Waals surface area contributed by atoms with Crippen LogP contribution < -0.4 is 10.6 Å². The van der Waals surface area contributed by atoms with Gasteiger partial charge in [-0.2, -0.15) is 0 Å². The van der Waals surface area contributed by atoms with Crippen molar-refractivity contribution >= 4 is 5.96 Å². The van der Waals surface area contributed by atoms with Gasteiger partial charge in [0, 0.05) is 20.6 Å². The number of guanidine groups is 1. The molecule has 0 heterocycles. The Morgan fingerprint density at radius 1 is 0.955 bits per heavy atom. The molecule has 0 bridgehead atoms. The minimum atomic E-state index is 0.602. The molecule has 22 heavy (non-hydrogen) atoms. The third-order valence-electron chi connectivity index (χ3n) is 3.39. The van der Waals surface area contributed by atoms with Crippen LogP contribution in [-0.4, -0.2) is 20.1 Å². The first kappa shape index (κ1) is 16.0. The average molecular weight is 297 g/mol. The first-order valence-electron chi connectivity index (χ1n) is 7.40. The number of benzene rings is 2. The van der Waals surface area contributed by atoms with E-state index in [9.17, 15) is 0 Å². The molecule has 0 aliphatic rings. The zero-order valence-electron chi connectivity index (χ0n) is 13.2. The van der Waals surface area contributed by atoms with Crippen LogP contribution in [0.15, 0.2) is 59.6 Å². The van der Waals surface area contributed by atoms with E-state index in [2.05, 4.69) is 39.9 Å². The molecule has 2 rings (SSSR count). The fourth-order valence-electron chi connectivity index (χ4n) is 2.18. The largest absolute Gasteiger partial charge is 0.372 e. The van der Waals surface area contributed by atoms with Crippen molar-refractivity contribution in [3.05, 3.63) is 71.3 Å². The van der Waals surface area contributed by atoms with E-state index in [0.717, 1.165) is 12.5 Å². The molecular weight excluding hydrogens is 274 g/mol. The Morgan fingerprint density at radius 3 is 2.32 bits per heavy atom. The van der Waals surface area contributed by atoms with Gasteiger partial charge < -0.3 is 15.4 Å². The number of aliphatic imine (C=N–C) groups is 1. The molecule has 4 heteroatoms. The summed E-state index contributed by atoms with van der Waals surface area (Å²) in [4.78, 5) is 4.12. The first-order valence-corrected chi connectivity index (χ1v) is 7.40. The molecular formula is C18H23N3O. The van der Waals surface area contributed by atoms with Crippen molar-refractivity contribution in [3.63, 3.8) is 0 Å². The van der Waals surface area contributed by atoms with Crippen LogP contribution >= 0.6 is 0 Å². The highest BCUT2D eigenvalue weighted by atomic mass is 16.5. The smallest absolute Gasteiger partial charge is 0.190 e. The molecule has 0 aliphatic heterocycles. The number of hydrogen-bond acceptors (Lipinski definition) is 2. The van der Waals surface area contributed by atoms with E-state index in [4.69, 9.17) is 4.74 Å². The van der Waals surface area contributed by atoms with Crippen LogP contribution in [0.1, 0.15) is 16.7 Å². The Kier molecular flexibility index (Phi) is 6.45. The molecule has 2 aromatic carbocycles. The SMILES string of the molecule is CN=C(NC)NCc1ccccc1COCc1ccccc1. The van der Waals surface area contributed by atoms with E-state index in [0.29, 0.717) is 13.2 Å². The normalized spacial score (nSPS) is 11.3. The fraction of sp³-hybridized carbons (Fsp3) is 0.278. The van der Waals surface area contributed by atoms with Crippen LogP contribution in [-0.2, 0) is 24.5 Å². The van der Waals surface area contributed by atoms with E-state index in [1.165, 1.54) is 16.7 Å². The molecule has 0 fully saturated rings. The number of hydrogen-bond donors (Lipinski definition) is 2. The highest BCUT2D eigenvalue weighted by Crippen LogP contribution is 2.11. The molecule has 0 aromatic heterocycles. The molecule has 2 N–H and O–H groups in total. The topological polar surface area (TPSA) is 45.7 Å². The van der Waals surface area contributed by atoms with Gasteiger partial charge in [0.1, 0.15) is 0 Å². The van der Waals surface area contributed by atoms with Gasteiger partial charge in [-0.25, -0.2) is 0 Å². The minimum Gasteiger partial charge on any atom is -0.372 e. The molecule has 0 radical (unpaired) electrons. The molecule has 4 nitrogen and oxygen atoms in total. The second-order valence-corrected chi connectivity index (χ2v) is 4.92. The number of ether oxygens (including phenoxy) is 1. The zero-order chi connectivity index (χ0) is 15.6. The zero-order valence-corrected chi connectivity index (χ0v) is 13.2. The van der Waals surface area contributed by atoms with E-state index >= 15 is 0 Å². The van der Waals surface area contributed by atoms with Crippen LogP contribution in [0.4, 0.5) is 0 Å². The van der Waals surface area contributed by atoms with Crippen molar-refractivity contribution in [2.75, 3.05) is 14.1 Å². The summed E-state index contributed by atoms with van der Waals surface area (Å²) >= 11 is 0. The van der Waals surface area contributed by atoms with Crippen molar-refractivity contribution in [2.45, 2.75) is 19.8 Å². The van der Waals surface area contributed by atoms with Gasteiger partial charge >= 0.3 is 0 Å². The lowest BCUT2D eigenvalue weighted by molar-refractivity contribution is 0.106. The molecule has 2 aromatic rings. The van der Waals surface area contributed by atoms with Crippen LogP contribution in [0, 0.1) is 0 Å². The molecule has 0 saturated heterocycles. The summed E-state index contributed by atoms with van der Waals surface area (Å²) in [6.07, 6.45) is 0. The quantitative estimate of drug-likeness (QED) is 0.636. The van der Waals surface area contributed by atoms with Crippen molar-refractivity contribution in [1.82, 2.24) is 10.6 Å². The molecule has 0 saturated carbocycles. The number of nitrogens with one attached hydrogen (secondary N) is 2. The summed E-state index contributed by atoms with van der Waals surface area (Å²) in [6, 6.07) is 18.5. The molecule has 0 amide bonds. The maximum Gasteiger partial charge on any atom is 0.190 e. The predicted molar refractivity (Wildman–Crippen MR) is 90.6 cm³/mol. The van der Waals surface area contributed by atoms with Gasteiger partial charge in [0.25, 0.3) is 0 Å². The number of nitrogens with zero attached hydrogens (tertiary/aromatic N) is 1. The van der Waals surface area contributed by atoms with Crippen LogP contribution in [0.25, 0.3) is 0 Å². The van der Waals surface area contributed by atoms with Crippen LogP contribution in [0.3, 0.4) is 0 Å². The summed E-state index contributed by atoms with van der Waals surface area (Å²) in [6.45, 7) is 1.95. The van der Waals surface area contributed by atoms with Gasteiger partial charge in [0.05, 0.1) is 13.2 Å². The highest BCUT2D eigenvalue weighted by molar-refractivity contribution is 5.79. The third kappa shape index (κ3) is 4.90. The lowest BCUT2D eigenvalue weighted by atomic mass is 10.1. The van der Waals surface area contributed by atoms with Gasteiger partial charge in [-0.15, -0.1) is 0 Å². The third-order valence-corrected chi connectivity index (χ3v) is 3.39. The Hall–Kier alpha value is -2.33. The van der Waals surface area contributed by atoms with Crippen molar-refractivity contribution < 1.29 is 4.74 Å². The monoisotopic (exact) mass is 297 g/mol. The van der Waals surface area contributed by atoms with Gasteiger partial charge in [-0.3, -0.25) is 4.99 Å². The van der Waals surface area contributed by atoms with E-state index in [-0.39, 0.29) is 0 Å². The van der Waals surface area contributed by atoms with E-state index in [1.807, 2.05) is 37.4 Å². The van der Waals surface area contributed by atoms with Gasteiger partial charge in [0.15, 0.2) is 5.96 Å². The van der Waals surface area contributed by atoms with Crippen LogP contribution in [0.2, 0.25) is 0 Å². The number of rotatable bonds is 6. The van der Waals surface area contributed by atoms with E-state index < -0.39 is 0 Å². The van der Waals surface area contributed by atoms with Gasteiger partial charge in [0.2, 0.25) is 0 Å². The molecule has 0 aliphatic carbocycles. The predicted octanol–water partition coefficient (Wildman–Crippen LogP) is 2.70. The Balaban J connectivity index is 1.90. The second kappa shape index (κ2) is 8.85. The summed E-state index contributed by atoms with van der Waals surface area (Å²) in [5.74, 6) is 0.778. The van der Waals surface area contributed by atoms with Gasteiger partial charge in [-0.1, -0.05) is 54.6 Å². The van der Waals surface area contributed by atoms with Crippen molar-refractivity contribution in [3.8, 4) is 0 Å². The average Bonchev–Trinajstić information content (AvgIpc) is 2.58. The summed E-state index contributed by atoms with van der Waals surface area (Å²) in [5.41, 5.74) is 3.60. The maximum atomic E-state index is 5.83.